The molecule has 0 fully saturated rings. The Balaban J connectivity index is 3.74. The molecule has 0 saturated heterocycles. The van der Waals surface area contributed by atoms with Crippen LogP contribution in [0.1, 0.15) is 0 Å². The van der Waals surface area contributed by atoms with E-state index in [1.54, 1.807) is 0 Å². The maximum atomic E-state index is 10.3. The molecule has 78 valence electrons. The second kappa shape index (κ2) is 5.31. The molecule has 0 amide bonds. The Morgan fingerprint density at radius 1 is 1.46 bits per heavy atom. The standard InChI is InChI=1S/C5H12NO6P/c7-3-4(5(8)9)6-1-2-13(10,11)12/h4,6-7H,1-3H2,(H,8,9)(H2,10,11,12). The molecule has 0 aliphatic carbocycles. The minimum absolute atomic E-state index is 0.151. The Morgan fingerprint density at radius 3 is 2.31 bits per heavy atom. The molecule has 0 aromatic carbocycles. The summed E-state index contributed by atoms with van der Waals surface area (Å²) in [6.07, 6.45) is -0.448. The smallest absolute Gasteiger partial charge is 0.326 e. The second-order valence-electron chi connectivity index (χ2n) is 2.42. The van der Waals surface area contributed by atoms with E-state index in [1.165, 1.54) is 0 Å². The third-order valence-corrected chi connectivity index (χ3v) is 2.08. The number of aliphatic hydroxyl groups excluding tert-OH is 1. The maximum absolute atomic E-state index is 10.3. The van der Waals surface area contributed by atoms with Crippen LogP contribution in [0, 0.1) is 0 Å². The molecule has 0 heterocycles. The number of aliphatic hydroxyl groups is 1. The summed E-state index contributed by atoms with van der Waals surface area (Å²) >= 11 is 0. The van der Waals surface area contributed by atoms with Crippen molar-refractivity contribution in [1.29, 1.82) is 0 Å². The van der Waals surface area contributed by atoms with Crippen LogP contribution in [-0.4, -0.2) is 51.3 Å². The lowest BCUT2D eigenvalue weighted by Gasteiger charge is -2.11. The first kappa shape index (κ1) is 12.5. The fraction of sp³-hybridized carbons (Fsp3) is 0.800. The SMILES string of the molecule is O=C(O)C(CO)NCCP(=O)(O)O. The van der Waals surface area contributed by atoms with Gasteiger partial charge in [0.25, 0.3) is 0 Å². The molecule has 0 spiro atoms. The number of hydrogen-bond acceptors (Lipinski definition) is 4. The number of carboxylic acids is 1. The molecule has 13 heavy (non-hydrogen) atoms. The van der Waals surface area contributed by atoms with Gasteiger partial charge in [-0.05, 0) is 0 Å². The third kappa shape index (κ3) is 6.68. The predicted octanol–water partition coefficient (Wildman–Crippen LogP) is -1.80. The number of rotatable bonds is 6. The molecule has 0 bridgehead atoms. The molecule has 0 aromatic heterocycles. The number of nitrogens with one attached hydrogen (secondary N) is 1. The van der Waals surface area contributed by atoms with Crippen LogP contribution in [-0.2, 0) is 9.36 Å². The van der Waals surface area contributed by atoms with Gasteiger partial charge in [0.15, 0.2) is 0 Å². The average molecular weight is 213 g/mol. The number of carbonyl (C=O) groups is 1. The van der Waals surface area contributed by atoms with Crippen LogP contribution in [0.3, 0.4) is 0 Å². The van der Waals surface area contributed by atoms with Crippen LogP contribution in [0.15, 0.2) is 0 Å². The minimum atomic E-state index is -4.10. The zero-order valence-corrected chi connectivity index (χ0v) is 7.65. The van der Waals surface area contributed by atoms with Gasteiger partial charge in [-0.3, -0.25) is 9.36 Å². The normalized spacial score (nSPS) is 14.1. The van der Waals surface area contributed by atoms with Crippen LogP contribution < -0.4 is 5.32 Å². The summed E-state index contributed by atoms with van der Waals surface area (Å²) < 4.78 is 10.3. The average Bonchev–Trinajstić information content (AvgIpc) is 1.95. The van der Waals surface area contributed by atoms with Crippen molar-refractivity contribution in [2.24, 2.45) is 0 Å². The Labute approximate surface area is 74.6 Å². The summed E-state index contributed by atoms with van der Waals surface area (Å²) in [6, 6.07) is -1.17. The van der Waals surface area contributed by atoms with Crippen molar-refractivity contribution in [1.82, 2.24) is 5.32 Å². The van der Waals surface area contributed by atoms with Gasteiger partial charge >= 0.3 is 13.6 Å². The molecule has 0 aromatic rings. The monoisotopic (exact) mass is 213 g/mol. The van der Waals surface area contributed by atoms with Crippen molar-refractivity contribution in [3.05, 3.63) is 0 Å². The number of carboxylic acid groups (broad SMARTS) is 1. The van der Waals surface area contributed by atoms with Crippen molar-refractivity contribution in [3.63, 3.8) is 0 Å². The van der Waals surface area contributed by atoms with Crippen molar-refractivity contribution in [2.45, 2.75) is 6.04 Å². The lowest BCUT2D eigenvalue weighted by molar-refractivity contribution is -0.140. The van der Waals surface area contributed by atoms with Crippen LogP contribution in [0.25, 0.3) is 0 Å². The molecular formula is C5H12NO6P. The summed E-state index contributed by atoms with van der Waals surface area (Å²) in [5, 5.41) is 19.2. The van der Waals surface area contributed by atoms with Gasteiger partial charge in [-0.15, -0.1) is 0 Å². The Bertz CT molecular complexity index is 213. The van der Waals surface area contributed by atoms with E-state index >= 15 is 0 Å². The molecule has 0 radical (unpaired) electrons. The molecular weight excluding hydrogens is 201 g/mol. The summed E-state index contributed by atoms with van der Waals surface area (Å²) in [6.45, 7) is -0.766. The van der Waals surface area contributed by atoms with E-state index in [9.17, 15) is 9.36 Å². The molecule has 0 rings (SSSR count). The third-order valence-electron chi connectivity index (χ3n) is 1.27. The lowest BCUT2D eigenvalue weighted by atomic mass is 10.3. The zero-order valence-electron chi connectivity index (χ0n) is 6.75. The first-order valence-electron chi connectivity index (χ1n) is 3.48. The Kier molecular flexibility index (Phi) is 5.12. The highest BCUT2D eigenvalue weighted by Gasteiger charge is 2.17. The van der Waals surface area contributed by atoms with Crippen LogP contribution in [0.4, 0.5) is 0 Å². The van der Waals surface area contributed by atoms with E-state index in [0.717, 1.165) is 0 Å². The second-order valence-corrected chi connectivity index (χ2v) is 4.19. The topological polar surface area (TPSA) is 127 Å². The Morgan fingerprint density at radius 2 is 2.00 bits per heavy atom. The van der Waals surface area contributed by atoms with Gasteiger partial charge in [-0.25, -0.2) is 0 Å². The van der Waals surface area contributed by atoms with Gasteiger partial charge in [-0.2, -0.15) is 0 Å². The summed E-state index contributed by atoms with van der Waals surface area (Å²) in [5.74, 6) is -1.26. The fourth-order valence-electron chi connectivity index (χ4n) is 0.614. The van der Waals surface area contributed by atoms with Gasteiger partial charge in [0.05, 0.1) is 12.8 Å². The molecule has 1 atom stereocenters. The van der Waals surface area contributed by atoms with E-state index in [4.69, 9.17) is 20.0 Å². The largest absolute Gasteiger partial charge is 0.480 e. The van der Waals surface area contributed by atoms with Gasteiger partial charge in [-0.1, -0.05) is 0 Å². The highest BCUT2D eigenvalue weighted by atomic mass is 31.2. The lowest BCUT2D eigenvalue weighted by Crippen LogP contribution is -2.40. The first-order chi connectivity index (χ1) is 5.87. The number of aliphatic carboxylic acids is 1. The van der Waals surface area contributed by atoms with Gasteiger partial charge in [0, 0.05) is 6.54 Å². The Hall–Kier alpha value is -0.460. The van der Waals surface area contributed by atoms with E-state index in [1.807, 2.05) is 0 Å². The predicted molar refractivity (Wildman–Crippen MR) is 43.4 cm³/mol. The molecule has 0 aliphatic heterocycles. The van der Waals surface area contributed by atoms with Crippen molar-refractivity contribution < 1.29 is 29.4 Å². The minimum Gasteiger partial charge on any atom is -0.480 e. The van der Waals surface area contributed by atoms with Gasteiger partial charge < -0.3 is 25.3 Å². The van der Waals surface area contributed by atoms with Crippen LogP contribution in [0.2, 0.25) is 0 Å². The summed E-state index contributed by atoms with van der Waals surface area (Å²) in [5.41, 5.74) is 0. The first-order valence-corrected chi connectivity index (χ1v) is 5.28. The highest BCUT2D eigenvalue weighted by molar-refractivity contribution is 7.51. The molecule has 8 heteroatoms. The zero-order chi connectivity index (χ0) is 10.5. The molecule has 7 nitrogen and oxygen atoms in total. The maximum Gasteiger partial charge on any atom is 0.326 e. The number of hydrogen-bond donors (Lipinski definition) is 5. The summed E-state index contributed by atoms with van der Waals surface area (Å²) in [7, 11) is -4.10. The molecule has 1 unspecified atom stereocenters. The van der Waals surface area contributed by atoms with Crippen molar-refractivity contribution >= 4 is 13.6 Å². The van der Waals surface area contributed by atoms with Gasteiger partial charge in [0.1, 0.15) is 6.04 Å². The van der Waals surface area contributed by atoms with Crippen molar-refractivity contribution in [3.8, 4) is 0 Å². The summed E-state index contributed by atoms with van der Waals surface area (Å²) in [4.78, 5) is 27.1. The van der Waals surface area contributed by atoms with E-state index in [-0.39, 0.29) is 6.54 Å². The quantitative estimate of drug-likeness (QED) is 0.329. The fourth-order valence-corrected chi connectivity index (χ4v) is 1.03. The molecule has 5 N–H and O–H groups in total. The highest BCUT2D eigenvalue weighted by Crippen LogP contribution is 2.32. The molecule has 0 aliphatic rings. The van der Waals surface area contributed by atoms with Crippen LogP contribution >= 0.6 is 7.60 Å². The van der Waals surface area contributed by atoms with Crippen molar-refractivity contribution in [2.75, 3.05) is 19.3 Å². The van der Waals surface area contributed by atoms with Gasteiger partial charge in [0.2, 0.25) is 0 Å². The molecule has 0 saturated carbocycles. The van der Waals surface area contributed by atoms with E-state index in [2.05, 4.69) is 5.32 Å². The van der Waals surface area contributed by atoms with E-state index < -0.39 is 32.4 Å². The van der Waals surface area contributed by atoms with Crippen LogP contribution in [0.5, 0.6) is 0 Å². The van der Waals surface area contributed by atoms with E-state index in [0.29, 0.717) is 0 Å².